The fourth-order valence-electron chi connectivity index (χ4n) is 3.51. The second-order valence-electron chi connectivity index (χ2n) is 7.23. The van der Waals surface area contributed by atoms with Crippen LogP contribution in [0.3, 0.4) is 0 Å². The topological polar surface area (TPSA) is 92.9 Å². The van der Waals surface area contributed by atoms with Crippen LogP contribution in [0.5, 0.6) is 0 Å². The normalized spacial score (nSPS) is 18.9. The van der Waals surface area contributed by atoms with E-state index in [0.717, 1.165) is 41.8 Å². The number of aromatic nitrogens is 4. The minimum atomic E-state index is -0.465. The zero-order valence-corrected chi connectivity index (χ0v) is 15.7. The zero-order valence-electron chi connectivity index (χ0n) is 15.7. The number of aryl methyl sites for hydroxylation is 1. The fraction of sp³-hybridized carbons (Fsp3) is 0.333. The molecule has 0 aromatic carbocycles. The highest BCUT2D eigenvalue weighted by atomic mass is 16.3. The molecule has 7 nitrogen and oxygen atoms in total. The maximum absolute atomic E-state index is 12.5. The molecule has 3 heterocycles. The van der Waals surface area contributed by atoms with Crippen molar-refractivity contribution in [2.45, 2.75) is 44.8 Å². The van der Waals surface area contributed by atoms with Crippen molar-refractivity contribution in [2.24, 2.45) is 0 Å². The first-order valence-corrected chi connectivity index (χ1v) is 9.49. The molecular weight excluding hydrogens is 354 g/mol. The van der Waals surface area contributed by atoms with E-state index in [1.165, 1.54) is 0 Å². The van der Waals surface area contributed by atoms with E-state index < -0.39 is 6.10 Å². The van der Waals surface area contributed by atoms with E-state index in [4.69, 9.17) is 0 Å². The van der Waals surface area contributed by atoms with Crippen molar-refractivity contribution in [3.05, 3.63) is 71.4 Å². The molecule has 0 bridgehead atoms. The molecule has 28 heavy (non-hydrogen) atoms. The quantitative estimate of drug-likeness (QED) is 0.711. The number of aliphatic hydroxyl groups excluding tert-OH is 1. The lowest BCUT2D eigenvalue weighted by Crippen LogP contribution is -2.40. The zero-order chi connectivity index (χ0) is 19.5. The van der Waals surface area contributed by atoms with E-state index >= 15 is 0 Å². The van der Waals surface area contributed by atoms with Gasteiger partial charge in [0.1, 0.15) is 5.69 Å². The molecule has 1 fully saturated rings. The molecule has 3 aromatic heterocycles. The van der Waals surface area contributed by atoms with E-state index in [-0.39, 0.29) is 11.9 Å². The molecule has 0 aliphatic heterocycles. The predicted octanol–water partition coefficient (Wildman–Crippen LogP) is 2.20. The van der Waals surface area contributed by atoms with Crippen LogP contribution < -0.4 is 5.32 Å². The van der Waals surface area contributed by atoms with Gasteiger partial charge in [-0.15, -0.1) is 0 Å². The summed E-state index contributed by atoms with van der Waals surface area (Å²) in [7, 11) is 0. The lowest BCUT2D eigenvalue weighted by molar-refractivity contribution is 0.0868. The van der Waals surface area contributed by atoms with Crippen molar-refractivity contribution < 1.29 is 9.90 Å². The molecule has 1 aliphatic rings. The Morgan fingerprint density at radius 2 is 2.18 bits per heavy atom. The molecule has 1 amide bonds. The summed E-state index contributed by atoms with van der Waals surface area (Å²) in [6, 6.07) is 7.44. The summed E-state index contributed by atoms with van der Waals surface area (Å²) < 4.78 is 1.71. The van der Waals surface area contributed by atoms with Crippen LogP contribution >= 0.6 is 0 Å². The third kappa shape index (κ3) is 3.94. The van der Waals surface area contributed by atoms with E-state index in [1.807, 2.05) is 43.6 Å². The molecule has 7 heteroatoms. The molecule has 0 spiro atoms. The van der Waals surface area contributed by atoms with Crippen molar-refractivity contribution in [3.8, 4) is 5.82 Å². The van der Waals surface area contributed by atoms with Gasteiger partial charge in [-0.3, -0.25) is 9.78 Å². The number of amides is 1. The number of pyridine rings is 2. The minimum Gasteiger partial charge on any atom is -0.391 e. The van der Waals surface area contributed by atoms with Crippen LogP contribution in [-0.2, 0) is 6.42 Å². The van der Waals surface area contributed by atoms with Crippen LogP contribution in [0.2, 0.25) is 0 Å². The fourth-order valence-corrected chi connectivity index (χ4v) is 3.51. The first-order chi connectivity index (χ1) is 13.6. The highest BCUT2D eigenvalue weighted by Crippen LogP contribution is 2.20. The molecule has 1 saturated carbocycles. The van der Waals surface area contributed by atoms with Crippen molar-refractivity contribution in [1.29, 1.82) is 0 Å². The van der Waals surface area contributed by atoms with Gasteiger partial charge in [0, 0.05) is 24.8 Å². The summed E-state index contributed by atoms with van der Waals surface area (Å²) in [4.78, 5) is 21.3. The SMILES string of the molecule is Cc1cnc(C(=O)N[C@H]2CCC[C@@H]2O)cc1Cc1ccc(-n2cccn2)nc1. The Kier molecular flexibility index (Phi) is 5.16. The largest absolute Gasteiger partial charge is 0.391 e. The van der Waals surface area contributed by atoms with Gasteiger partial charge in [0.05, 0.1) is 12.1 Å². The molecule has 2 N–H and O–H groups in total. The van der Waals surface area contributed by atoms with Crippen LogP contribution in [0.4, 0.5) is 0 Å². The molecule has 3 aromatic rings. The Morgan fingerprint density at radius 1 is 1.29 bits per heavy atom. The van der Waals surface area contributed by atoms with Gasteiger partial charge in [-0.1, -0.05) is 6.07 Å². The van der Waals surface area contributed by atoms with E-state index in [2.05, 4.69) is 20.4 Å². The van der Waals surface area contributed by atoms with Crippen LogP contribution in [0.15, 0.2) is 49.1 Å². The number of carbonyl (C=O) groups is 1. The van der Waals surface area contributed by atoms with Gasteiger partial charge < -0.3 is 10.4 Å². The first kappa shape index (κ1) is 18.3. The molecule has 0 radical (unpaired) electrons. The minimum absolute atomic E-state index is 0.182. The number of carbonyl (C=O) groups excluding carboxylic acids is 1. The standard InChI is InChI=1S/C21H23N5O2/c1-14-12-22-18(21(28)25-17-4-2-5-19(17)27)11-16(14)10-15-6-7-20(23-13-15)26-9-3-8-24-26/h3,6-9,11-13,17,19,27H,2,4-5,10H2,1H3,(H,25,28)/t17-,19-/m0/s1. The molecule has 1 aliphatic carbocycles. The van der Waals surface area contributed by atoms with E-state index in [9.17, 15) is 9.90 Å². The van der Waals surface area contributed by atoms with Gasteiger partial charge in [0.2, 0.25) is 0 Å². The average Bonchev–Trinajstić information content (AvgIpc) is 3.37. The number of nitrogens with zero attached hydrogens (tertiary/aromatic N) is 4. The van der Waals surface area contributed by atoms with Crippen molar-refractivity contribution in [2.75, 3.05) is 0 Å². The Labute approximate surface area is 163 Å². The second kappa shape index (κ2) is 7.90. The van der Waals surface area contributed by atoms with Gasteiger partial charge in [0.15, 0.2) is 5.82 Å². The van der Waals surface area contributed by atoms with E-state index in [1.54, 1.807) is 17.1 Å². The Balaban J connectivity index is 1.48. The number of aliphatic hydroxyl groups is 1. The van der Waals surface area contributed by atoms with Crippen molar-refractivity contribution in [1.82, 2.24) is 25.1 Å². The predicted molar refractivity (Wildman–Crippen MR) is 104 cm³/mol. The summed E-state index contributed by atoms with van der Waals surface area (Å²) in [6.07, 6.45) is 9.78. The highest BCUT2D eigenvalue weighted by Gasteiger charge is 2.27. The Hall–Kier alpha value is -3.06. The summed E-state index contributed by atoms with van der Waals surface area (Å²) in [6.45, 7) is 1.98. The smallest absolute Gasteiger partial charge is 0.270 e. The number of nitrogens with one attached hydrogen (secondary N) is 1. The molecule has 0 saturated heterocycles. The number of rotatable bonds is 5. The highest BCUT2D eigenvalue weighted by molar-refractivity contribution is 5.92. The molecule has 4 rings (SSSR count). The molecule has 144 valence electrons. The summed E-state index contributed by atoms with van der Waals surface area (Å²) in [5.74, 6) is 0.523. The average molecular weight is 377 g/mol. The maximum Gasteiger partial charge on any atom is 0.270 e. The Morgan fingerprint density at radius 3 is 2.86 bits per heavy atom. The monoisotopic (exact) mass is 377 g/mol. The second-order valence-corrected chi connectivity index (χ2v) is 7.23. The van der Waals surface area contributed by atoms with E-state index in [0.29, 0.717) is 12.1 Å². The lowest BCUT2D eigenvalue weighted by Gasteiger charge is -2.16. The first-order valence-electron chi connectivity index (χ1n) is 9.49. The molecule has 2 atom stereocenters. The van der Waals surface area contributed by atoms with Crippen LogP contribution in [-0.4, -0.2) is 42.9 Å². The van der Waals surface area contributed by atoms with Crippen molar-refractivity contribution in [3.63, 3.8) is 0 Å². The summed E-state index contributed by atoms with van der Waals surface area (Å²) >= 11 is 0. The Bertz CT molecular complexity index is 953. The van der Waals surface area contributed by atoms with Crippen LogP contribution in [0, 0.1) is 6.92 Å². The van der Waals surface area contributed by atoms with Crippen molar-refractivity contribution >= 4 is 5.91 Å². The third-order valence-electron chi connectivity index (χ3n) is 5.19. The van der Waals surface area contributed by atoms with Crippen LogP contribution in [0.1, 0.15) is 46.4 Å². The van der Waals surface area contributed by atoms with Gasteiger partial charge in [0.25, 0.3) is 5.91 Å². The molecule has 0 unspecified atom stereocenters. The number of hydrogen-bond donors (Lipinski definition) is 2. The lowest BCUT2D eigenvalue weighted by atomic mass is 10.0. The summed E-state index contributed by atoms with van der Waals surface area (Å²) in [5.41, 5.74) is 3.47. The van der Waals surface area contributed by atoms with Crippen LogP contribution in [0.25, 0.3) is 5.82 Å². The van der Waals surface area contributed by atoms with Gasteiger partial charge >= 0.3 is 0 Å². The van der Waals surface area contributed by atoms with Gasteiger partial charge in [-0.2, -0.15) is 5.10 Å². The summed E-state index contributed by atoms with van der Waals surface area (Å²) in [5, 5.41) is 17.0. The van der Waals surface area contributed by atoms with Gasteiger partial charge in [-0.25, -0.2) is 9.67 Å². The third-order valence-corrected chi connectivity index (χ3v) is 5.19. The maximum atomic E-state index is 12.5. The van der Waals surface area contributed by atoms with Gasteiger partial charge in [-0.05, 0) is 67.5 Å². The number of hydrogen-bond acceptors (Lipinski definition) is 5. The molecular formula is C21H23N5O2.